The molecule has 3 rings (SSSR count). The number of fused-ring (bicyclic) bond motifs is 1. The highest BCUT2D eigenvalue weighted by Crippen LogP contribution is 2.33. The number of halogens is 3. The Morgan fingerprint density at radius 3 is 2.75 bits per heavy atom. The molecular weight excluding hydrogens is 422 g/mol. The second-order valence-electron chi connectivity index (χ2n) is 4.45. The van der Waals surface area contributed by atoms with Crippen molar-refractivity contribution in [1.82, 2.24) is 4.98 Å². The summed E-state index contributed by atoms with van der Waals surface area (Å²) in [5.74, 6) is 0. The first kappa shape index (κ1) is 14.5. The van der Waals surface area contributed by atoms with E-state index in [1.165, 1.54) is 4.70 Å². The van der Waals surface area contributed by atoms with E-state index in [4.69, 9.17) is 11.6 Å². The fraction of sp³-hybridized carbons (Fsp3) is 0.133. The molecule has 20 heavy (non-hydrogen) atoms. The molecule has 0 N–H and O–H groups in total. The first-order chi connectivity index (χ1) is 9.61. The van der Waals surface area contributed by atoms with Gasteiger partial charge in [-0.15, -0.1) is 11.3 Å². The van der Waals surface area contributed by atoms with Crippen molar-refractivity contribution in [1.29, 1.82) is 0 Å². The molecule has 1 nitrogen and oxygen atoms in total. The lowest BCUT2D eigenvalue weighted by molar-refractivity contribution is 0.937. The maximum atomic E-state index is 6.10. The second kappa shape index (κ2) is 6.14. The van der Waals surface area contributed by atoms with Crippen LogP contribution in [0, 0.1) is 0 Å². The molecule has 0 radical (unpaired) electrons. The standard InChI is InChI=1S/C15H10Br2ClNS/c16-10-5-9(6-11(18)7-10)12(17)8-15-19-13-3-1-2-4-14(13)20-15/h1-7,12H,8H2. The summed E-state index contributed by atoms with van der Waals surface area (Å²) >= 11 is 15.1. The van der Waals surface area contributed by atoms with Crippen LogP contribution in [0.5, 0.6) is 0 Å². The predicted octanol–water partition coefficient (Wildman–Crippen LogP) is 6.39. The van der Waals surface area contributed by atoms with Gasteiger partial charge in [0.25, 0.3) is 0 Å². The molecule has 3 aromatic rings. The average Bonchev–Trinajstić information content (AvgIpc) is 2.79. The Balaban J connectivity index is 1.86. The van der Waals surface area contributed by atoms with Crippen LogP contribution in [0.4, 0.5) is 0 Å². The lowest BCUT2D eigenvalue weighted by atomic mass is 10.1. The van der Waals surface area contributed by atoms with Crippen LogP contribution in [0.15, 0.2) is 46.9 Å². The van der Waals surface area contributed by atoms with Crippen LogP contribution in [0.2, 0.25) is 5.02 Å². The monoisotopic (exact) mass is 429 g/mol. The summed E-state index contributed by atoms with van der Waals surface area (Å²) in [5.41, 5.74) is 2.23. The van der Waals surface area contributed by atoms with Gasteiger partial charge >= 0.3 is 0 Å². The number of alkyl halides is 1. The van der Waals surface area contributed by atoms with Gasteiger partial charge in [-0.25, -0.2) is 4.98 Å². The minimum atomic E-state index is 0.207. The average molecular weight is 432 g/mol. The van der Waals surface area contributed by atoms with Gasteiger partial charge in [-0.05, 0) is 35.9 Å². The number of thiazole rings is 1. The van der Waals surface area contributed by atoms with Gasteiger partial charge in [-0.3, -0.25) is 0 Å². The fourth-order valence-electron chi connectivity index (χ4n) is 2.03. The Morgan fingerprint density at radius 2 is 2.00 bits per heavy atom. The molecule has 0 amide bonds. The molecule has 0 bridgehead atoms. The lowest BCUT2D eigenvalue weighted by Crippen LogP contribution is -1.95. The summed E-state index contributed by atoms with van der Waals surface area (Å²) in [6.45, 7) is 0. The predicted molar refractivity (Wildman–Crippen MR) is 94.1 cm³/mol. The van der Waals surface area contributed by atoms with Crippen molar-refractivity contribution in [3.8, 4) is 0 Å². The molecule has 1 heterocycles. The summed E-state index contributed by atoms with van der Waals surface area (Å²) in [5, 5.41) is 1.87. The van der Waals surface area contributed by atoms with Gasteiger partial charge in [0.05, 0.1) is 15.2 Å². The minimum absolute atomic E-state index is 0.207. The number of hydrogen-bond acceptors (Lipinski definition) is 2. The summed E-state index contributed by atoms with van der Waals surface area (Å²) in [7, 11) is 0. The van der Waals surface area contributed by atoms with Gasteiger partial charge in [-0.2, -0.15) is 0 Å². The first-order valence-corrected chi connectivity index (χ1v) is 8.96. The van der Waals surface area contributed by atoms with Crippen LogP contribution in [0.3, 0.4) is 0 Å². The number of rotatable bonds is 3. The van der Waals surface area contributed by atoms with Crippen molar-refractivity contribution in [2.45, 2.75) is 11.2 Å². The molecule has 1 atom stereocenters. The minimum Gasteiger partial charge on any atom is -0.241 e. The summed E-state index contributed by atoms with van der Waals surface area (Å²) in [4.78, 5) is 4.87. The molecule has 1 aromatic heterocycles. The summed E-state index contributed by atoms with van der Waals surface area (Å²) in [6, 6.07) is 14.2. The van der Waals surface area contributed by atoms with Crippen LogP contribution >= 0.6 is 54.8 Å². The van der Waals surface area contributed by atoms with Crippen molar-refractivity contribution < 1.29 is 0 Å². The molecule has 5 heteroatoms. The van der Waals surface area contributed by atoms with E-state index in [0.717, 1.165) is 32.0 Å². The van der Waals surface area contributed by atoms with Gasteiger partial charge in [0.15, 0.2) is 0 Å². The van der Waals surface area contributed by atoms with E-state index in [1.54, 1.807) is 11.3 Å². The summed E-state index contributed by atoms with van der Waals surface area (Å²) < 4.78 is 2.23. The largest absolute Gasteiger partial charge is 0.241 e. The molecule has 0 aliphatic carbocycles. The number of nitrogens with zero attached hydrogens (tertiary/aromatic N) is 1. The smallest absolute Gasteiger partial charge is 0.0953 e. The molecule has 0 aliphatic heterocycles. The van der Waals surface area contributed by atoms with Crippen molar-refractivity contribution in [3.63, 3.8) is 0 Å². The third-order valence-electron chi connectivity index (χ3n) is 2.94. The zero-order chi connectivity index (χ0) is 14.1. The van der Waals surface area contributed by atoms with Crippen LogP contribution in [-0.2, 0) is 6.42 Å². The zero-order valence-corrected chi connectivity index (χ0v) is 15.1. The molecule has 102 valence electrons. The Kier molecular flexibility index (Phi) is 4.46. The highest BCUT2D eigenvalue weighted by Gasteiger charge is 2.13. The van der Waals surface area contributed by atoms with E-state index in [1.807, 2.05) is 24.3 Å². The van der Waals surface area contributed by atoms with Gasteiger partial charge in [0, 0.05) is 20.7 Å². The Labute approximate surface area is 143 Å². The Morgan fingerprint density at radius 1 is 1.20 bits per heavy atom. The van der Waals surface area contributed by atoms with Crippen LogP contribution < -0.4 is 0 Å². The molecule has 2 aromatic carbocycles. The Bertz CT molecular complexity index is 703. The van der Waals surface area contributed by atoms with Gasteiger partial charge in [0.2, 0.25) is 0 Å². The van der Waals surface area contributed by atoms with Gasteiger partial charge in [-0.1, -0.05) is 55.6 Å². The highest BCUT2D eigenvalue weighted by molar-refractivity contribution is 9.10. The van der Waals surface area contributed by atoms with E-state index >= 15 is 0 Å². The van der Waals surface area contributed by atoms with E-state index < -0.39 is 0 Å². The number of benzene rings is 2. The van der Waals surface area contributed by atoms with Crippen molar-refractivity contribution in [2.24, 2.45) is 0 Å². The van der Waals surface area contributed by atoms with Crippen molar-refractivity contribution in [3.05, 3.63) is 62.5 Å². The number of aromatic nitrogens is 1. The molecule has 0 saturated heterocycles. The SMILES string of the molecule is Clc1cc(Br)cc(C(Br)Cc2nc3ccccc3s2)c1. The van der Waals surface area contributed by atoms with E-state index in [2.05, 4.69) is 55.0 Å². The maximum absolute atomic E-state index is 6.10. The molecular formula is C15H10Br2ClNS. The van der Waals surface area contributed by atoms with Crippen LogP contribution in [0.1, 0.15) is 15.4 Å². The highest BCUT2D eigenvalue weighted by atomic mass is 79.9. The third kappa shape index (κ3) is 3.25. The van der Waals surface area contributed by atoms with Crippen molar-refractivity contribution in [2.75, 3.05) is 0 Å². The molecule has 1 unspecified atom stereocenters. The van der Waals surface area contributed by atoms with E-state index in [9.17, 15) is 0 Å². The molecule has 0 aliphatic rings. The fourth-order valence-corrected chi connectivity index (χ4v) is 4.72. The lowest BCUT2D eigenvalue weighted by Gasteiger charge is -2.09. The van der Waals surface area contributed by atoms with E-state index in [0.29, 0.717) is 0 Å². The molecule has 0 spiro atoms. The van der Waals surface area contributed by atoms with Gasteiger partial charge < -0.3 is 0 Å². The third-order valence-corrected chi connectivity index (χ3v) is 5.53. The van der Waals surface area contributed by atoms with Crippen LogP contribution in [-0.4, -0.2) is 4.98 Å². The second-order valence-corrected chi connectivity index (χ2v) is 8.02. The molecule has 0 fully saturated rings. The normalized spacial score (nSPS) is 12.8. The quantitative estimate of drug-likeness (QED) is 0.438. The summed E-state index contributed by atoms with van der Waals surface area (Å²) in [6.07, 6.45) is 0.853. The number of hydrogen-bond donors (Lipinski definition) is 0. The molecule has 0 saturated carbocycles. The van der Waals surface area contributed by atoms with Gasteiger partial charge in [0.1, 0.15) is 0 Å². The number of para-hydroxylation sites is 1. The van der Waals surface area contributed by atoms with Crippen LogP contribution in [0.25, 0.3) is 10.2 Å². The Hall–Kier alpha value is -0.420. The zero-order valence-electron chi connectivity index (χ0n) is 10.3. The topological polar surface area (TPSA) is 12.9 Å². The van der Waals surface area contributed by atoms with Crippen molar-refractivity contribution >= 4 is 65.0 Å². The maximum Gasteiger partial charge on any atom is 0.0953 e. The van der Waals surface area contributed by atoms with E-state index in [-0.39, 0.29) is 4.83 Å². The first-order valence-electron chi connectivity index (χ1n) is 6.06.